The van der Waals surface area contributed by atoms with E-state index < -0.39 is 18.5 Å². The molecule has 0 saturated heterocycles. The SMILES string of the molecule is CCOc1ccc(OCC)c(NC(=O)COC(=O)CSc2ccccc2Cl)c1. The van der Waals surface area contributed by atoms with Crippen molar-refractivity contribution >= 4 is 40.9 Å². The minimum Gasteiger partial charge on any atom is -0.494 e. The lowest BCUT2D eigenvalue weighted by Crippen LogP contribution is -2.22. The van der Waals surface area contributed by atoms with Crippen LogP contribution in [0.4, 0.5) is 5.69 Å². The fraction of sp³-hybridized carbons (Fsp3) is 0.300. The summed E-state index contributed by atoms with van der Waals surface area (Å²) in [5.41, 5.74) is 0.458. The van der Waals surface area contributed by atoms with E-state index in [-0.39, 0.29) is 5.75 Å². The topological polar surface area (TPSA) is 73.9 Å². The molecule has 0 saturated carbocycles. The molecule has 0 unspecified atom stereocenters. The monoisotopic (exact) mass is 423 g/mol. The number of hydrogen-bond acceptors (Lipinski definition) is 6. The Morgan fingerprint density at radius 2 is 1.82 bits per heavy atom. The van der Waals surface area contributed by atoms with Gasteiger partial charge in [-0.3, -0.25) is 9.59 Å². The van der Waals surface area contributed by atoms with Crippen molar-refractivity contribution in [2.75, 3.05) is 30.9 Å². The lowest BCUT2D eigenvalue weighted by atomic mass is 10.2. The summed E-state index contributed by atoms with van der Waals surface area (Å²) in [5, 5.41) is 3.25. The number of ether oxygens (including phenoxy) is 3. The van der Waals surface area contributed by atoms with Gasteiger partial charge in [-0.15, -0.1) is 11.8 Å². The molecule has 2 aromatic rings. The Labute approximate surface area is 173 Å². The summed E-state index contributed by atoms with van der Waals surface area (Å²) in [7, 11) is 0. The van der Waals surface area contributed by atoms with Gasteiger partial charge in [-0.05, 0) is 38.1 Å². The van der Waals surface area contributed by atoms with E-state index in [1.807, 2.05) is 32.0 Å². The number of esters is 1. The molecule has 2 rings (SSSR count). The lowest BCUT2D eigenvalue weighted by molar-refractivity contribution is -0.144. The zero-order chi connectivity index (χ0) is 20.4. The number of nitrogens with one attached hydrogen (secondary N) is 1. The van der Waals surface area contributed by atoms with Crippen molar-refractivity contribution in [2.45, 2.75) is 18.7 Å². The predicted octanol–water partition coefficient (Wildman–Crippen LogP) is 4.41. The first-order chi connectivity index (χ1) is 13.5. The molecule has 0 aliphatic heterocycles. The van der Waals surface area contributed by atoms with Gasteiger partial charge < -0.3 is 19.5 Å². The van der Waals surface area contributed by atoms with Crippen molar-refractivity contribution in [1.29, 1.82) is 0 Å². The molecule has 8 heteroatoms. The fourth-order valence-electron chi connectivity index (χ4n) is 2.22. The largest absolute Gasteiger partial charge is 0.494 e. The van der Waals surface area contributed by atoms with Crippen LogP contribution in [0.2, 0.25) is 5.02 Å². The zero-order valence-electron chi connectivity index (χ0n) is 15.7. The van der Waals surface area contributed by atoms with Crippen LogP contribution in [0.3, 0.4) is 0 Å². The summed E-state index contributed by atoms with van der Waals surface area (Å²) in [6.07, 6.45) is 0. The second-order valence-corrected chi connectivity index (χ2v) is 6.88. The van der Waals surface area contributed by atoms with Crippen LogP contribution in [0.5, 0.6) is 11.5 Å². The van der Waals surface area contributed by atoms with E-state index in [0.29, 0.717) is 35.4 Å². The minimum absolute atomic E-state index is 0.0566. The van der Waals surface area contributed by atoms with Crippen molar-refractivity contribution in [3.05, 3.63) is 47.5 Å². The van der Waals surface area contributed by atoms with Gasteiger partial charge in [-0.2, -0.15) is 0 Å². The van der Waals surface area contributed by atoms with Crippen molar-refractivity contribution in [3.63, 3.8) is 0 Å². The van der Waals surface area contributed by atoms with Gasteiger partial charge in [0.25, 0.3) is 5.91 Å². The number of halogens is 1. The van der Waals surface area contributed by atoms with Crippen molar-refractivity contribution < 1.29 is 23.8 Å². The first-order valence-corrected chi connectivity index (χ1v) is 10.1. The average molecular weight is 424 g/mol. The number of anilines is 1. The van der Waals surface area contributed by atoms with E-state index in [4.69, 9.17) is 25.8 Å². The van der Waals surface area contributed by atoms with E-state index in [0.717, 1.165) is 4.90 Å². The van der Waals surface area contributed by atoms with E-state index >= 15 is 0 Å². The van der Waals surface area contributed by atoms with Gasteiger partial charge >= 0.3 is 5.97 Å². The molecule has 0 fully saturated rings. The molecule has 28 heavy (non-hydrogen) atoms. The van der Waals surface area contributed by atoms with Crippen LogP contribution in [0.25, 0.3) is 0 Å². The van der Waals surface area contributed by atoms with Crippen molar-refractivity contribution in [2.24, 2.45) is 0 Å². The summed E-state index contributed by atoms with van der Waals surface area (Å²) in [4.78, 5) is 24.8. The summed E-state index contributed by atoms with van der Waals surface area (Å²) < 4.78 is 16.0. The highest BCUT2D eigenvalue weighted by Crippen LogP contribution is 2.29. The Kier molecular flexibility index (Phi) is 8.97. The molecule has 0 heterocycles. The van der Waals surface area contributed by atoms with Crippen LogP contribution in [-0.4, -0.2) is 37.4 Å². The smallest absolute Gasteiger partial charge is 0.316 e. The fourth-order valence-corrected chi connectivity index (χ4v) is 3.25. The maximum atomic E-state index is 12.2. The lowest BCUT2D eigenvalue weighted by Gasteiger charge is -2.13. The highest BCUT2D eigenvalue weighted by Gasteiger charge is 2.13. The molecular formula is C20H22ClNO5S. The third-order valence-corrected chi connectivity index (χ3v) is 4.87. The summed E-state index contributed by atoms with van der Waals surface area (Å²) in [5.74, 6) is 0.203. The normalized spacial score (nSPS) is 10.2. The molecule has 1 amide bonds. The third kappa shape index (κ3) is 6.98. The van der Waals surface area contributed by atoms with Gasteiger partial charge in [0.15, 0.2) is 6.61 Å². The maximum absolute atomic E-state index is 12.2. The van der Waals surface area contributed by atoms with Crippen LogP contribution in [-0.2, 0) is 14.3 Å². The number of carbonyl (C=O) groups excluding carboxylic acids is 2. The highest BCUT2D eigenvalue weighted by molar-refractivity contribution is 8.00. The Bertz CT molecular complexity index is 815. The van der Waals surface area contributed by atoms with Gasteiger partial charge in [0.2, 0.25) is 0 Å². The average Bonchev–Trinajstić information content (AvgIpc) is 2.68. The van der Waals surface area contributed by atoms with Crippen LogP contribution >= 0.6 is 23.4 Å². The van der Waals surface area contributed by atoms with Crippen LogP contribution in [0.1, 0.15) is 13.8 Å². The highest BCUT2D eigenvalue weighted by atomic mass is 35.5. The first-order valence-electron chi connectivity index (χ1n) is 8.76. The Morgan fingerprint density at radius 3 is 2.54 bits per heavy atom. The molecule has 6 nitrogen and oxygen atoms in total. The molecule has 0 aliphatic carbocycles. The molecule has 150 valence electrons. The third-order valence-electron chi connectivity index (χ3n) is 3.38. The van der Waals surface area contributed by atoms with Crippen LogP contribution < -0.4 is 14.8 Å². The Hall–Kier alpha value is -2.38. The van der Waals surface area contributed by atoms with E-state index in [1.165, 1.54) is 11.8 Å². The molecule has 2 aromatic carbocycles. The standard InChI is InChI=1S/C20H22ClNO5S/c1-3-25-14-9-10-17(26-4-2)16(11-14)22-19(23)12-27-20(24)13-28-18-8-6-5-7-15(18)21/h5-11H,3-4,12-13H2,1-2H3,(H,22,23). The summed E-state index contributed by atoms with van der Waals surface area (Å²) in [6, 6.07) is 12.3. The van der Waals surface area contributed by atoms with E-state index in [2.05, 4.69) is 5.32 Å². The molecule has 1 N–H and O–H groups in total. The van der Waals surface area contributed by atoms with Crippen molar-refractivity contribution in [1.82, 2.24) is 0 Å². The predicted molar refractivity (Wildman–Crippen MR) is 111 cm³/mol. The van der Waals surface area contributed by atoms with Gasteiger partial charge in [0.05, 0.1) is 29.7 Å². The van der Waals surface area contributed by atoms with Gasteiger partial charge in [0, 0.05) is 11.0 Å². The number of hydrogen-bond donors (Lipinski definition) is 1. The molecular weight excluding hydrogens is 402 g/mol. The zero-order valence-corrected chi connectivity index (χ0v) is 17.3. The number of benzene rings is 2. The second-order valence-electron chi connectivity index (χ2n) is 5.45. The number of thioether (sulfide) groups is 1. The van der Waals surface area contributed by atoms with Crippen LogP contribution in [0, 0.1) is 0 Å². The first kappa shape index (κ1) is 21.9. The molecule has 0 aromatic heterocycles. The number of amides is 1. The van der Waals surface area contributed by atoms with E-state index in [9.17, 15) is 9.59 Å². The summed E-state index contributed by atoms with van der Waals surface area (Å²) >= 11 is 7.29. The quantitative estimate of drug-likeness (QED) is 0.450. The van der Waals surface area contributed by atoms with E-state index in [1.54, 1.807) is 24.3 Å². The molecule has 0 atom stereocenters. The van der Waals surface area contributed by atoms with Crippen molar-refractivity contribution in [3.8, 4) is 11.5 Å². The Balaban J connectivity index is 1.86. The molecule has 0 spiro atoms. The second kappa shape index (κ2) is 11.5. The van der Waals surface area contributed by atoms with Crippen LogP contribution in [0.15, 0.2) is 47.4 Å². The Morgan fingerprint density at radius 1 is 1.07 bits per heavy atom. The van der Waals surface area contributed by atoms with Gasteiger partial charge in [0.1, 0.15) is 11.5 Å². The number of carbonyl (C=O) groups is 2. The minimum atomic E-state index is -0.506. The van der Waals surface area contributed by atoms with Gasteiger partial charge in [-0.1, -0.05) is 23.7 Å². The van der Waals surface area contributed by atoms with Gasteiger partial charge in [-0.25, -0.2) is 0 Å². The maximum Gasteiger partial charge on any atom is 0.316 e. The molecule has 0 radical (unpaired) electrons. The number of rotatable bonds is 10. The summed E-state index contributed by atoms with van der Waals surface area (Å²) in [6.45, 7) is 4.27. The molecule has 0 aliphatic rings. The molecule has 0 bridgehead atoms.